The minimum atomic E-state index is 0.0859. The Balaban J connectivity index is 2.99. The van der Waals surface area contributed by atoms with Crippen LogP contribution in [0.3, 0.4) is 0 Å². The Bertz CT molecular complexity index is 250. The maximum Gasteiger partial charge on any atom is 0.0682 e. The van der Waals surface area contributed by atoms with Gasteiger partial charge < -0.3 is 10.4 Å². The summed E-state index contributed by atoms with van der Waals surface area (Å²) in [6.07, 6.45) is 0. The summed E-state index contributed by atoms with van der Waals surface area (Å²) >= 11 is 3.37. The first-order chi connectivity index (χ1) is 5.27. The van der Waals surface area contributed by atoms with Crippen LogP contribution in [0.4, 0.5) is 5.69 Å². The van der Waals surface area contributed by atoms with E-state index in [2.05, 4.69) is 21.2 Å². The summed E-state index contributed by atoms with van der Waals surface area (Å²) < 4.78 is 0.978. The molecule has 3 heteroatoms. The highest BCUT2D eigenvalue weighted by Gasteiger charge is 1.97. The number of benzene rings is 1. The lowest BCUT2D eigenvalue weighted by molar-refractivity contribution is 0.282. The third-order valence-corrected chi connectivity index (χ3v) is 2.14. The second-order valence-corrected chi connectivity index (χ2v) is 3.08. The minimum Gasteiger partial charge on any atom is -0.392 e. The molecule has 60 valence electrons. The topological polar surface area (TPSA) is 32.3 Å². The predicted octanol–water partition coefficient (Wildman–Crippen LogP) is 1.98. The first kappa shape index (κ1) is 8.56. The molecule has 0 saturated heterocycles. The lowest BCUT2D eigenvalue weighted by atomic mass is 10.2. The molecule has 0 saturated carbocycles. The Kier molecular flexibility index (Phi) is 2.91. The summed E-state index contributed by atoms with van der Waals surface area (Å²) in [6.45, 7) is 0.0859. The highest BCUT2D eigenvalue weighted by molar-refractivity contribution is 9.10. The number of nitrogens with one attached hydrogen (secondary N) is 1. The monoisotopic (exact) mass is 215 g/mol. The summed E-state index contributed by atoms with van der Waals surface area (Å²) in [5, 5.41) is 11.8. The van der Waals surface area contributed by atoms with Crippen molar-refractivity contribution in [1.82, 2.24) is 0 Å². The maximum atomic E-state index is 8.78. The Morgan fingerprint density at radius 3 is 2.73 bits per heavy atom. The van der Waals surface area contributed by atoms with Crippen molar-refractivity contribution in [1.29, 1.82) is 0 Å². The fourth-order valence-corrected chi connectivity index (χ4v) is 1.48. The van der Waals surface area contributed by atoms with Gasteiger partial charge in [0.15, 0.2) is 0 Å². The number of hydrogen-bond donors (Lipinski definition) is 2. The molecule has 0 amide bonds. The fourth-order valence-electron chi connectivity index (χ4n) is 0.860. The zero-order valence-electron chi connectivity index (χ0n) is 6.26. The van der Waals surface area contributed by atoms with E-state index >= 15 is 0 Å². The van der Waals surface area contributed by atoms with Crippen molar-refractivity contribution < 1.29 is 5.11 Å². The van der Waals surface area contributed by atoms with E-state index in [4.69, 9.17) is 5.11 Å². The number of anilines is 1. The summed E-state index contributed by atoms with van der Waals surface area (Å²) in [6, 6.07) is 5.71. The zero-order valence-corrected chi connectivity index (χ0v) is 7.85. The summed E-state index contributed by atoms with van der Waals surface area (Å²) in [5.74, 6) is 0. The van der Waals surface area contributed by atoms with Gasteiger partial charge in [-0.3, -0.25) is 0 Å². The molecule has 11 heavy (non-hydrogen) atoms. The number of hydrogen-bond acceptors (Lipinski definition) is 2. The second kappa shape index (κ2) is 3.74. The largest absolute Gasteiger partial charge is 0.392 e. The highest BCUT2D eigenvalue weighted by atomic mass is 79.9. The molecule has 0 spiro atoms. The molecule has 0 aromatic heterocycles. The third kappa shape index (κ3) is 1.94. The van der Waals surface area contributed by atoms with Gasteiger partial charge in [0.2, 0.25) is 0 Å². The molecule has 1 aromatic carbocycles. The molecule has 1 rings (SSSR count). The molecule has 1 aromatic rings. The fraction of sp³-hybridized carbons (Fsp3) is 0.250. The first-order valence-corrected chi connectivity index (χ1v) is 4.14. The lowest BCUT2D eigenvalue weighted by Gasteiger charge is -2.04. The van der Waals surface area contributed by atoms with Crippen LogP contribution in [-0.4, -0.2) is 12.2 Å². The number of halogens is 1. The molecule has 0 atom stereocenters. The van der Waals surface area contributed by atoms with Crippen LogP contribution < -0.4 is 5.32 Å². The molecule has 2 nitrogen and oxygen atoms in total. The van der Waals surface area contributed by atoms with E-state index in [-0.39, 0.29) is 6.61 Å². The van der Waals surface area contributed by atoms with Gasteiger partial charge in [0.05, 0.1) is 6.61 Å². The average molecular weight is 216 g/mol. The molecule has 0 aliphatic rings. The van der Waals surface area contributed by atoms with Gasteiger partial charge >= 0.3 is 0 Å². The van der Waals surface area contributed by atoms with Gasteiger partial charge in [-0.15, -0.1) is 0 Å². The van der Waals surface area contributed by atoms with E-state index in [1.165, 1.54) is 0 Å². The molecule has 0 unspecified atom stereocenters. The molecule has 0 aliphatic heterocycles. The lowest BCUT2D eigenvalue weighted by Crippen LogP contribution is -1.90. The third-order valence-electron chi connectivity index (χ3n) is 1.49. The molecule has 0 fully saturated rings. The second-order valence-electron chi connectivity index (χ2n) is 2.22. The van der Waals surface area contributed by atoms with Crippen LogP contribution in [0.1, 0.15) is 5.56 Å². The number of rotatable bonds is 2. The summed E-state index contributed by atoms with van der Waals surface area (Å²) in [5.41, 5.74) is 1.94. The van der Waals surface area contributed by atoms with E-state index in [0.717, 1.165) is 15.7 Å². The zero-order chi connectivity index (χ0) is 8.27. The number of aliphatic hydroxyl groups is 1. The van der Waals surface area contributed by atoms with E-state index in [1.807, 2.05) is 25.2 Å². The van der Waals surface area contributed by atoms with E-state index < -0.39 is 0 Å². The SMILES string of the molecule is CNc1ccc(CO)cc1Br. The minimum absolute atomic E-state index is 0.0859. The van der Waals surface area contributed by atoms with E-state index in [9.17, 15) is 0 Å². The standard InChI is InChI=1S/C8H10BrNO/c1-10-8-3-2-6(5-11)4-7(8)9/h2-4,10-11H,5H2,1H3. The van der Waals surface area contributed by atoms with Crippen molar-refractivity contribution >= 4 is 21.6 Å². The quantitative estimate of drug-likeness (QED) is 0.792. The Hall–Kier alpha value is -0.540. The molecular weight excluding hydrogens is 206 g/mol. The van der Waals surface area contributed by atoms with Crippen molar-refractivity contribution in [2.45, 2.75) is 6.61 Å². The van der Waals surface area contributed by atoms with Crippen LogP contribution in [-0.2, 0) is 6.61 Å². The normalized spacial score (nSPS) is 9.73. The summed E-state index contributed by atoms with van der Waals surface area (Å²) in [7, 11) is 1.86. The van der Waals surface area contributed by atoms with Crippen molar-refractivity contribution in [3.8, 4) is 0 Å². The van der Waals surface area contributed by atoms with Gasteiger partial charge in [0, 0.05) is 17.2 Å². The maximum absolute atomic E-state index is 8.78. The van der Waals surface area contributed by atoms with Crippen LogP contribution in [0.2, 0.25) is 0 Å². The van der Waals surface area contributed by atoms with Crippen molar-refractivity contribution in [3.63, 3.8) is 0 Å². The van der Waals surface area contributed by atoms with E-state index in [1.54, 1.807) is 0 Å². The Morgan fingerprint density at radius 2 is 2.27 bits per heavy atom. The molecule has 0 aliphatic carbocycles. The Labute approximate surface area is 74.4 Å². The van der Waals surface area contributed by atoms with Crippen LogP contribution in [0.25, 0.3) is 0 Å². The van der Waals surface area contributed by atoms with Crippen LogP contribution in [0.15, 0.2) is 22.7 Å². The molecule has 0 radical (unpaired) electrons. The molecule has 2 N–H and O–H groups in total. The molecular formula is C8H10BrNO. The van der Waals surface area contributed by atoms with Gasteiger partial charge in [0.25, 0.3) is 0 Å². The van der Waals surface area contributed by atoms with Gasteiger partial charge in [-0.2, -0.15) is 0 Å². The first-order valence-electron chi connectivity index (χ1n) is 3.35. The molecule has 0 heterocycles. The smallest absolute Gasteiger partial charge is 0.0682 e. The van der Waals surface area contributed by atoms with Crippen LogP contribution in [0, 0.1) is 0 Å². The van der Waals surface area contributed by atoms with Crippen molar-refractivity contribution in [3.05, 3.63) is 28.2 Å². The van der Waals surface area contributed by atoms with Crippen molar-refractivity contribution in [2.75, 3.05) is 12.4 Å². The predicted molar refractivity (Wildman–Crippen MR) is 49.6 cm³/mol. The van der Waals surface area contributed by atoms with Gasteiger partial charge in [-0.1, -0.05) is 6.07 Å². The average Bonchev–Trinajstić information content (AvgIpc) is 2.04. The van der Waals surface area contributed by atoms with E-state index in [0.29, 0.717) is 0 Å². The Morgan fingerprint density at radius 1 is 1.55 bits per heavy atom. The molecule has 0 bridgehead atoms. The van der Waals surface area contributed by atoms with Crippen LogP contribution >= 0.6 is 15.9 Å². The summed E-state index contributed by atoms with van der Waals surface area (Å²) in [4.78, 5) is 0. The van der Waals surface area contributed by atoms with Crippen molar-refractivity contribution in [2.24, 2.45) is 0 Å². The number of aliphatic hydroxyl groups excluding tert-OH is 1. The van der Waals surface area contributed by atoms with Gasteiger partial charge in [-0.25, -0.2) is 0 Å². The van der Waals surface area contributed by atoms with Gasteiger partial charge in [-0.05, 0) is 33.6 Å². The van der Waals surface area contributed by atoms with Crippen LogP contribution in [0.5, 0.6) is 0 Å². The highest BCUT2D eigenvalue weighted by Crippen LogP contribution is 2.22. The van der Waals surface area contributed by atoms with Gasteiger partial charge in [0.1, 0.15) is 0 Å².